The number of hydrogen-bond acceptors (Lipinski definition) is 3. The average molecular weight is 303 g/mol. The van der Waals surface area contributed by atoms with Crippen LogP contribution < -0.4 is 10.6 Å². The molecule has 1 amide bonds. The molecule has 1 aromatic heterocycles. The van der Waals surface area contributed by atoms with E-state index < -0.39 is 0 Å². The predicted molar refractivity (Wildman–Crippen MR) is 83.0 cm³/mol. The number of hydrogen-bond donors (Lipinski definition) is 2. The first-order valence-corrected chi connectivity index (χ1v) is 7.62. The van der Waals surface area contributed by atoms with Gasteiger partial charge in [0, 0.05) is 11.4 Å². The molecular formula is C14H23ClN2OS. The SMILES string of the molecule is CC(CNC(=O)CNCC1CC1)Cc1cccs1.Cl. The zero-order chi connectivity index (χ0) is 12.8. The molecule has 5 heteroatoms. The number of amides is 1. The van der Waals surface area contributed by atoms with Gasteiger partial charge in [0.25, 0.3) is 0 Å². The fourth-order valence-electron chi connectivity index (χ4n) is 1.91. The number of carbonyl (C=O) groups excluding carboxylic acids is 1. The molecule has 108 valence electrons. The molecule has 2 rings (SSSR count). The van der Waals surface area contributed by atoms with Crippen LogP contribution >= 0.6 is 23.7 Å². The van der Waals surface area contributed by atoms with Gasteiger partial charge in [-0.3, -0.25) is 4.79 Å². The van der Waals surface area contributed by atoms with Crippen LogP contribution in [-0.2, 0) is 11.2 Å². The van der Waals surface area contributed by atoms with Gasteiger partial charge in [0.2, 0.25) is 5.91 Å². The quantitative estimate of drug-likeness (QED) is 0.774. The molecule has 1 fully saturated rings. The van der Waals surface area contributed by atoms with E-state index in [0.29, 0.717) is 12.5 Å². The Morgan fingerprint density at radius 2 is 2.32 bits per heavy atom. The monoisotopic (exact) mass is 302 g/mol. The molecule has 0 aromatic carbocycles. The molecule has 3 nitrogen and oxygen atoms in total. The summed E-state index contributed by atoms with van der Waals surface area (Å²) < 4.78 is 0. The minimum absolute atomic E-state index is 0. The number of nitrogens with one attached hydrogen (secondary N) is 2. The van der Waals surface area contributed by atoms with Crippen molar-refractivity contribution in [3.8, 4) is 0 Å². The molecule has 19 heavy (non-hydrogen) atoms. The highest BCUT2D eigenvalue weighted by molar-refractivity contribution is 7.09. The van der Waals surface area contributed by atoms with E-state index in [2.05, 4.69) is 35.1 Å². The molecular weight excluding hydrogens is 280 g/mol. The summed E-state index contributed by atoms with van der Waals surface area (Å²) >= 11 is 1.78. The second-order valence-electron chi connectivity index (χ2n) is 5.27. The maximum atomic E-state index is 11.6. The highest BCUT2D eigenvalue weighted by Crippen LogP contribution is 2.27. The van der Waals surface area contributed by atoms with Gasteiger partial charge in [-0.15, -0.1) is 23.7 Å². The summed E-state index contributed by atoms with van der Waals surface area (Å²) in [5.74, 6) is 1.44. The topological polar surface area (TPSA) is 41.1 Å². The second-order valence-corrected chi connectivity index (χ2v) is 6.30. The van der Waals surface area contributed by atoms with Crippen LogP contribution in [0.2, 0.25) is 0 Å². The average Bonchev–Trinajstić information content (AvgIpc) is 3.03. The van der Waals surface area contributed by atoms with E-state index in [-0.39, 0.29) is 18.3 Å². The highest BCUT2D eigenvalue weighted by Gasteiger charge is 2.20. The van der Waals surface area contributed by atoms with Gasteiger partial charge in [-0.05, 0) is 49.1 Å². The lowest BCUT2D eigenvalue weighted by molar-refractivity contribution is -0.120. The van der Waals surface area contributed by atoms with Crippen LogP contribution in [0.4, 0.5) is 0 Å². The molecule has 0 aliphatic heterocycles. The molecule has 1 unspecified atom stereocenters. The summed E-state index contributed by atoms with van der Waals surface area (Å²) in [4.78, 5) is 13.0. The van der Waals surface area contributed by atoms with Crippen LogP contribution in [0.1, 0.15) is 24.6 Å². The molecule has 1 aliphatic carbocycles. The van der Waals surface area contributed by atoms with Crippen LogP contribution in [0.3, 0.4) is 0 Å². The zero-order valence-corrected chi connectivity index (χ0v) is 13.0. The van der Waals surface area contributed by atoms with E-state index in [1.807, 2.05) is 0 Å². The third kappa shape index (κ3) is 6.95. The lowest BCUT2D eigenvalue weighted by Gasteiger charge is -2.12. The molecule has 1 atom stereocenters. The molecule has 0 spiro atoms. The van der Waals surface area contributed by atoms with Gasteiger partial charge >= 0.3 is 0 Å². The van der Waals surface area contributed by atoms with Crippen LogP contribution in [-0.4, -0.2) is 25.5 Å². The number of halogens is 1. The van der Waals surface area contributed by atoms with E-state index in [1.165, 1.54) is 17.7 Å². The summed E-state index contributed by atoms with van der Waals surface area (Å²) in [6.45, 7) is 4.40. The molecule has 1 aliphatic rings. The van der Waals surface area contributed by atoms with Crippen LogP contribution in [0.5, 0.6) is 0 Å². The van der Waals surface area contributed by atoms with Gasteiger partial charge in [-0.25, -0.2) is 0 Å². The van der Waals surface area contributed by atoms with Crippen molar-refractivity contribution in [2.75, 3.05) is 19.6 Å². The Morgan fingerprint density at radius 3 is 2.95 bits per heavy atom. The maximum Gasteiger partial charge on any atom is 0.233 e. The number of rotatable bonds is 8. The van der Waals surface area contributed by atoms with Crippen LogP contribution in [0.25, 0.3) is 0 Å². The summed E-state index contributed by atoms with van der Waals surface area (Å²) in [5.41, 5.74) is 0. The molecule has 0 bridgehead atoms. The molecule has 1 aromatic rings. The normalized spacial score (nSPS) is 15.6. The Balaban J connectivity index is 0.00000180. The van der Waals surface area contributed by atoms with Gasteiger partial charge in [0.1, 0.15) is 0 Å². The maximum absolute atomic E-state index is 11.6. The Morgan fingerprint density at radius 1 is 1.53 bits per heavy atom. The molecule has 2 N–H and O–H groups in total. The third-order valence-corrected chi connectivity index (χ3v) is 4.09. The van der Waals surface area contributed by atoms with Crippen LogP contribution in [0, 0.1) is 11.8 Å². The van der Waals surface area contributed by atoms with E-state index in [4.69, 9.17) is 0 Å². The fourth-order valence-corrected chi connectivity index (χ4v) is 2.78. The fraction of sp³-hybridized carbons (Fsp3) is 0.643. The Labute approximate surface area is 125 Å². The first kappa shape index (κ1) is 16.5. The van der Waals surface area contributed by atoms with Crippen molar-refractivity contribution in [1.82, 2.24) is 10.6 Å². The number of carbonyl (C=O) groups is 1. The highest BCUT2D eigenvalue weighted by atomic mass is 35.5. The minimum Gasteiger partial charge on any atom is -0.355 e. The van der Waals surface area contributed by atoms with E-state index in [0.717, 1.165) is 25.4 Å². The van der Waals surface area contributed by atoms with Gasteiger partial charge in [0.15, 0.2) is 0 Å². The predicted octanol–water partition coefficient (Wildman–Crippen LogP) is 2.46. The first-order valence-electron chi connectivity index (χ1n) is 6.74. The van der Waals surface area contributed by atoms with Crippen LogP contribution in [0.15, 0.2) is 17.5 Å². The van der Waals surface area contributed by atoms with Crippen molar-refractivity contribution < 1.29 is 4.79 Å². The van der Waals surface area contributed by atoms with Crippen molar-refractivity contribution in [2.45, 2.75) is 26.2 Å². The van der Waals surface area contributed by atoms with Crippen molar-refractivity contribution in [2.24, 2.45) is 11.8 Å². The summed E-state index contributed by atoms with van der Waals surface area (Å²) in [7, 11) is 0. The zero-order valence-electron chi connectivity index (χ0n) is 11.4. The van der Waals surface area contributed by atoms with Gasteiger partial charge in [-0.2, -0.15) is 0 Å². The lowest BCUT2D eigenvalue weighted by atomic mass is 10.1. The minimum atomic E-state index is 0. The third-order valence-electron chi connectivity index (χ3n) is 3.19. The Hall–Kier alpha value is -0.580. The van der Waals surface area contributed by atoms with Crippen molar-refractivity contribution in [3.63, 3.8) is 0 Å². The molecule has 0 radical (unpaired) electrons. The number of thiophene rings is 1. The first-order chi connectivity index (χ1) is 8.74. The van der Waals surface area contributed by atoms with Gasteiger partial charge in [0.05, 0.1) is 6.54 Å². The summed E-state index contributed by atoms with van der Waals surface area (Å²) in [6, 6.07) is 4.23. The van der Waals surface area contributed by atoms with Gasteiger partial charge in [-0.1, -0.05) is 13.0 Å². The molecule has 1 heterocycles. The summed E-state index contributed by atoms with van der Waals surface area (Å²) in [5, 5.41) is 8.30. The van der Waals surface area contributed by atoms with Gasteiger partial charge < -0.3 is 10.6 Å². The lowest BCUT2D eigenvalue weighted by Crippen LogP contribution is -2.37. The van der Waals surface area contributed by atoms with E-state index in [9.17, 15) is 4.79 Å². The molecule has 0 saturated heterocycles. The smallest absolute Gasteiger partial charge is 0.233 e. The molecule has 1 saturated carbocycles. The van der Waals surface area contributed by atoms with Crippen molar-refractivity contribution in [1.29, 1.82) is 0 Å². The Kier molecular flexibility index (Phi) is 7.42. The standard InChI is InChI=1S/C14H22N2OS.ClH/c1-11(7-13-3-2-6-18-13)8-16-14(17)10-15-9-12-4-5-12;/h2-3,6,11-12,15H,4-5,7-10H2,1H3,(H,16,17);1H. The summed E-state index contributed by atoms with van der Waals surface area (Å²) in [6.07, 6.45) is 3.70. The van der Waals surface area contributed by atoms with E-state index >= 15 is 0 Å². The van der Waals surface area contributed by atoms with Crippen molar-refractivity contribution in [3.05, 3.63) is 22.4 Å². The van der Waals surface area contributed by atoms with Crippen molar-refractivity contribution >= 4 is 29.7 Å². The Bertz CT molecular complexity index is 366. The van der Waals surface area contributed by atoms with E-state index in [1.54, 1.807) is 11.3 Å². The largest absolute Gasteiger partial charge is 0.355 e. The second kappa shape index (κ2) is 8.56.